The fourth-order valence-electron chi connectivity index (χ4n) is 3.33. The van der Waals surface area contributed by atoms with Gasteiger partial charge in [0, 0.05) is 38.8 Å². The molecule has 0 aliphatic carbocycles. The molecule has 2 aromatic rings. The monoisotopic (exact) mass is 326 g/mol. The van der Waals surface area contributed by atoms with E-state index in [1.54, 1.807) is 4.68 Å². The first kappa shape index (κ1) is 16.7. The van der Waals surface area contributed by atoms with E-state index in [4.69, 9.17) is 0 Å². The Bertz CT molecular complexity index is 692. The first-order chi connectivity index (χ1) is 11.5. The second kappa shape index (κ2) is 7.18. The average Bonchev–Trinajstić information content (AvgIpc) is 3.21. The van der Waals surface area contributed by atoms with E-state index < -0.39 is 0 Å². The molecular weight excluding hydrogens is 300 g/mol. The number of aryl methyl sites for hydroxylation is 2. The summed E-state index contributed by atoms with van der Waals surface area (Å²) in [5.41, 5.74) is 3.65. The molecule has 3 atom stereocenters. The third kappa shape index (κ3) is 3.67. The number of hydrogen-bond acceptors (Lipinski definition) is 3. The molecule has 0 saturated carbocycles. The molecule has 1 unspecified atom stereocenters. The van der Waals surface area contributed by atoms with Crippen molar-refractivity contribution in [2.24, 2.45) is 13.0 Å². The van der Waals surface area contributed by atoms with Crippen molar-refractivity contribution in [3.63, 3.8) is 0 Å². The number of rotatable bonds is 5. The topological polar surface area (TPSA) is 59.0 Å². The normalized spacial score (nSPS) is 21.6. The minimum atomic E-state index is -0.0283. The van der Waals surface area contributed by atoms with Crippen LogP contribution in [-0.4, -0.2) is 35.3 Å². The highest BCUT2D eigenvalue weighted by Crippen LogP contribution is 2.28. The van der Waals surface area contributed by atoms with Crippen LogP contribution in [0.2, 0.25) is 0 Å². The Labute approximate surface area is 143 Å². The molecule has 1 aromatic carbocycles. The molecule has 2 N–H and O–H groups in total. The van der Waals surface area contributed by atoms with Crippen LogP contribution in [0.3, 0.4) is 0 Å². The Morgan fingerprint density at radius 3 is 2.79 bits per heavy atom. The Balaban J connectivity index is 1.59. The average molecular weight is 326 g/mol. The van der Waals surface area contributed by atoms with Gasteiger partial charge in [0.25, 0.3) is 0 Å². The number of nitrogens with zero attached hydrogens (tertiary/aromatic N) is 2. The summed E-state index contributed by atoms with van der Waals surface area (Å²) in [5, 5.41) is 10.7. The molecule has 1 aliphatic heterocycles. The van der Waals surface area contributed by atoms with Crippen molar-refractivity contribution < 1.29 is 4.79 Å². The SMILES string of the molecule is Cc1ccc(C(C)CNC(=O)[C@H]2CNC[C@@H]2c2cnn(C)c2)cc1. The van der Waals surface area contributed by atoms with E-state index in [9.17, 15) is 4.79 Å². The maximum absolute atomic E-state index is 12.6. The Morgan fingerprint density at radius 2 is 2.12 bits per heavy atom. The van der Waals surface area contributed by atoms with Gasteiger partial charge in [-0.05, 0) is 24.0 Å². The lowest BCUT2D eigenvalue weighted by atomic mass is 9.90. The van der Waals surface area contributed by atoms with Crippen molar-refractivity contribution in [2.75, 3.05) is 19.6 Å². The molecule has 2 heterocycles. The molecule has 1 amide bonds. The number of benzene rings is 1. The summed E-state index contributed by atoms with van der Waals surface area (Å²) in [6.45, 7) is 6.46. The van der Waals surface area contributed by atoms with Gasteiger partial charge < -0.3 is 10.6 Å². The highest BCUT2D eigenvalue weighted by Gasteiger charge is 2.34. The van der Waals surface area contributed by atoms with Gasteiger partial charge in [-0.1, -0.05) is 36.8 Å². The van der Waals surface area contributed by atoms with Crippen LogP contribution in [0.1, 0.15) is 35.4 Å². The van der Waals surface area contributed by atoms with Gasteiger partial charge in [0.05, 0.1) is 12.1 Å². The van der Waals surface area contributed by atoms with E-state index in [2.05, 4.69) is 53.8 Å². The number of amides is 1. The second-order valence-electron chi connectivity index (χ2n) is 6.88. The predicted molar refractivity (Wildman–Crippen MR) is 94.9 cm³/mol. The summed E-state index contributed by atoms with van der Waals surface area (Å²) < 4.78 is 1.79. The van der Waals surface area contributed by atoms with Crippen LogP contribution in [0.4, 0.5) is 0 Å². The van der Waals surface area contributed by atoms with Crippen molar-refractivity contribution in [3.8, 4) is 0 Å². The van der Waals surface area contributed by atoms with Crippen LogP contribution < -0.4 is 10.6 Å². The van der Waals surface area contributed by atoms with E-state index in [0.29, 0.717) is 12.5 Å². The van der Waals surface area contributed by atoms with Crippen LogP contribution >= 0.6 is 0 Å². The minimum Gasteiger partial charge on any atom is -0.355 e. The molecule has 1 saturated heterocycles. The van der Waals surface area contributed by atoms with Gasteiger partial charge in [-0.25, -0.2) is 0 Å². The lowest BCUT2D eigenvalue weighted by Gasteiger charge is -2.19. The van der Waals surface area contributed by atoms with Gasteiger partial charge in [0.2, 0.25) is 5.91 Å². The standard InChI is InChI=1S/C19H26N4O/c1-13-4-6-15(7-5-13)14(2)8-21-19(24)18-11-20-10-17(18)16-9-22-23(3)12-16/h4-7,9,12,14,17-18,20H,8,10-11H2,1-3H3,(H,21,24)/t14?,17-,18+/m1/s1. The van der Waals surface area contributed by atoms with Crippen LogP contribution in [0.15, 0.2) is 36.7 Å². The maximum atomic E-state index is 12.6. The molecule has 5 nitrogen and oxygen atoms in total. The van der Waals surface area contributed by atoms with Gasteiger partial charge in [-0.15, -0.1) is 0 Å². The quantitative estimate of drug-likeness (QED) is 0.883. The summed E-state index contributed by atoms with van der Waals surface area (Å²) in [5.74, 6) is 0.612. The van der Waals surface area contributed by atoms with Crippen molar-refractivity contribution in [3.05, 3.63) is 53.3 Å². The Morgan fingerprint density at radius 1 is 1.38 bits per heavy atom. The summed E-state index contributed by atoms with van der Waals surface area (Å²) in [7, 11) is 1.91. The highest BCUT2D eigenvalue weighted by atomic mass is 16.1. The van der Waals surface area contributed by atoms with Crippen LogP contribution in [0.5, 0.6) is 0 Å². The number of nitrogens with one attached hydrogen (secondary N) is 2. The first-order valence-corrected chi connectivity index (χ1v) is 8.58. The molecule has 1 fully saturated rings. The minimum absolute atomic E-state index is 0.0283. The lowest BCUT2D eigenvalue weighted by molar-refractivity contribution is -0.124. The molecule has 0 radical (unpaired) electrons. The molecule has 24 heavy (non-hydrogen) atoms. The lowest BCUT2D eigenvalue weighted by Crippen LogP contribution is -2.36. The Hall–Kier alpha value is -2.14. The van der Waals surface area contributed by atoms with E-state index in [0.717, 1.165) is 18.7 Å². The predicted octanol–water partition coefficient (Wildman–Crippen LogP) is 1.95. The second-order valence-corrected chi connectivity index (χ2v) is 6.88. The van der Waals surface area contributed by atoms with Gasteiger partial charge in [0.1, 0.15) is 0 Å². The van der Waals surface area contributed by atoms with Crippen molar-refractivity contribution in [1.82, 2.24) is 20.4 Å². The van der Waals surface area contributed by atoms with Crippen molar-refractivity contribution in [2.45, 2.75) is 25.7 Å². The third-order valence-electron chi connectivity index (χ3n) is 4.93. The Kier molecular flexibility index (Phi) is 5.00. The zero-order chi connectivity index (χ0) is 17.1. The summed E-state index contributed by atoms with van der Waals surface area (Å²) >= 11 is 0. The van der Waals surface area contributed by atoms with E-state index in [-0.39, 0.29) is 17.7 Å². The smallest absolute Gasteiger partial charge is 0.225 e. The molecule has 3 rings (SSSR count). The molecule has 1 aromatic heterocycles. The fourth-order valence-corrected chi connectivity index (χ4v) is 3.33. The maximum Gasteiger partial charge on any atom is 0.225 e. The highest BCUT2D eigenvalue weighted by molar-refractivity contribution is 5.80. The summed E-state index contributed by atoms with van der Waals surface area (Å²) in [6, 6.07) is 8.52. The molecule has 5 heteroatoms. The largest absolute Gasteiger partial charge is 0.355 e. The zero-order valence-electron chi connectivity index (χ0n) is 14.6. The number of hydrogen-bond donors (Lipinski definition) is 2. The van der Waals surface area contributed by atoms with Crippen molar-refractivity contribution in [1.29, 1.82) is 0 Å². The van der Waals surface area contributed by atoms with Crippen molar-refractivity contribution >= 4 is 5.91 Å². The van der Waals surface area contributed by atoms with E-state index in [1.165, 1.54) is 11.1 Å². The van der Waals surface area contributed by atoms with Gasteiger partial charge in [-0.3, -0.25) is 9.48 Å². The number of carbonyl (C=O) groups excluding carboxylic acids is 1. The molecule has 0 spiro atoms. The van der Waals surface area contributed by atoms with E-state index >= 15 is 0 Å². The van der Waals surface area contributed by atoms with Crippen LogP contribution in [0, 0.1) is 12.8 Å². The molecule has 1 aliphatic rings. The van der Waals surface area contributed by atoms with Crippen LogP contribution in [0.25, 0.3) is 0 Å². The fraction of sp³-hybridized carbons (Fsp3) is 0.474. The first-order valence-electron chi connectivity index (χ1n) is 8.58. The van der Waals surface area contributed by atoms with Gasteiger partial charge in [-0.2, -0.15) is 5.10 Å². The summed E-state index contributed by atoms with van der Waals surface area (Å²) in [4.78, 5) is 12.6. The van der Waals surface area contributed by atoms with E-state index in [1.807, 2.05) is 19.4 Å². The van der Waals surface area contributed by atoms with Crippen LogP contribution in [-0.2, 0) is 11.8 Å². The molecule has 128 valence electrons. The molecular formula is C19H26N4O. The van der Waals surface area contributed by atoms with Gasteiger partial charge >= 0.3 is 0 Å². The third-order valence-corrected chi connectivity index (χ3v) is 4.93. The molecule has 0 bridgehead atoms. The zero-order valence-corrected chi connectivity index (χ0v) is 14.6. The van der Waals surface area contributed by atoms with Gasteiger partial charge in [0.15, 0.2) is 0 Å². The number of aromatic nitrogens is 2. The summed E-state index contributed by atoms with van der Waals surface area (Å²) in [6.07, 6.45) is 3.87. The number of carbonyl (C=O) groups is 1.